The van der Waals surface area contributed by atoms with Crippen LogP contribution in [0.5, 0.6) is 0 Å². The number of ether oxygens (including phenoxy) is 2. The highest BCUT2D eigenvalue weighted by atomic mass is 16.7. The molecule has 0 saturated carbocycles. The van der Waals surface area contributed by atoms with E-state index in [2.05, 4.69) is 78.8 Å². The Labute approximate surface area is 288 Å². The number of unbranched alkanes of at least 4 members (excludes halogenated alkanes) is 1. The molecule has 1 saturated heterocycles. The van der Waals surface area contributed by atoms with E-state index in [1.54, 1.807) is 5.48 Å². The van der Waals surface area contributed by atoms with Crippen LogP contribution >= 0.6 is 0 Å². The van der Waals surface area contributed by atoms with Crippen LogP contribution in [-0.2, 0) is 32.2 Å². The van der Waals surface area contributed by atoms with E-state index < -0.39 is 12.2 Å². The number of aliphatic hydroxyl groups is 1. The average molecular weight is 666 g/mol. The average Bonchev–Trinajstić information content (AvgIpc) is 3.15. The second-order valence-corrected chi connectivity index (χ2v) is 12.7. The summed E-state index contributed by atoms with van der Waals surface area (Å²) >= 11 is 0. The lowest BCUT2D eigenvalue weighted by Gasteiger charge is -2.39. The molecule has 1 heterocycles. The predicted octanol–water partition coefficient (Wildman–Crippen LogP) is 6.77. The summed E-state index contributed by atoms with van der Waals surface area (Å²) in [5.41, 5.74) is 8.79. The van der Waals surface area contributed by atoms with E-state index in [1.165, 1.54) is 5.56 Å². The zero-order chi connectivity index (χ0) is 34.6. The van der Waals surface area contributed by atoms with E-state index in [1.807, 2.05) is 48.5 Å². The number of likely N-dealkylation sites (N-methyl/N-ethyl adjacent to an activating group) is 1. The molecular formula is C40H47N3O6. The summed E-state index contributed by atoms with van der Waals surface area (Å²) < 4.78 is 13.2. The van der Waals surface area contributed by atoms with Crippen LogP contribution in [0.1, 0.15) is 85.3 Å². The van der Waals surface area contributed by atoms with Gasteiger partial charge in [0.2, 0.25) is 11.8 Å². The van der Waals surface area contributed by atoms with Gasteiger partial charge in [-0.1, -0.05) is 97.1 Å². The third-order valence-electron chi connectivity index (χ3n) is 9.16. The first kappa shape index (κ1) is 35.9. The van der Waals surface area contributed by atoms with E-state index in [4.69, 9.17) is 14.7 Å². The van der Waals surface area contributed by atoms with Gasteiger partial charge in [0.05, 0.1) is 18.8 Å². The maximum absolute atomic E-state index is 12.3. The minimum atomic E-state index is -0.546. The molecule has 4 aromatic rings. The van der Waals surface area contributed by atoms with E-state index in [0.717, 1.165) is 39.9 Å². The number of rotatable bonds is 15. The van der Waals surface area contributed by atoms with Crippen LogP contribution in [0.25, 0.3) is 11.1 Å². The Morgan fingerprint density at radius 2 is 1.51 bits per heavy atom. The number of hydrogen-bond acceptors (Lipinski definition) is 7. The molecule has 2 amide bonds. The van der Waals surface area contributed by atoms with Gasteiger partial charge in [0, 0.05) is 44.0 Å². The number of amides is 2. The number of nitrogens with zero attached hydrogens (tertiary/aromatic N) is 1. The Bertz CT molecular complexity index is 1630. The molecule has 4 atom stereocenters. The molecule has 0 aliphatic carbocycles. The predicted molar refractivity (Wildman–Crippen MR) is 188 cm³/mol. The Kier molecular flexibility index (Phi) is 13.1. The first-order valence-electron chi connectivity index (χ1n) is 17.0. The topological polar surface area (TPSA) is 120 Å². The lowest BCUT2D eigenvalue weighted by atomic mass is 9.98. The molecule has 49 heavy (non-hydrogen) atoms. The van der Waals surface area contributed by atoms with Crippen molar-refractivity contribution in [1.82, 2.24) is 15.7 Å². The molecule has 0 spiro atoms. The van der Waals surface area contributed by atoms with Crippen molar-refractivity contribution >= 4 is 11.8 Å². The molecule has 4 aromatic carbocycles. The van der Waals surface area contributed by atoms with Crippen molar-refractivity contribution in [2.45, 2.75) is 76.7 Å². The van der Waals surface area contributed by atoms with E-state index in [9.17, 15) is 14.7 Å². The molecule has 258 valence electrons. The minimum absolute atomic E-state index is 0.00127. The Morgan fingerprint density at radius 1 is 0.816 bits per heavy atom. The molecule has 1 aliphatic rings. The van der Waals surface area contributed by atoms with Gasteiger partial charge in [-0.3, -0.25) is 19.7 Å². The quantitative estimate of drug-likeness (QED) is 0.0629. The number of aliphatic hydroxyl groups excluding tert-OH is 1. The summed E-state index contributed by atoms with van der Waals surface area (Å²) in [5, 5.41) is 21.1. The molecule has 0 aromatic heterocycles. The third-order valence-corrected chi connectivity index (χ3v) is 9.16. The van der Waals surface area contributed by atoms with Crippen LogP contribution < -0.4 is 10.8 Å². The molecular weight excluding hydrogens is 618 g/mol. The van der Waals surface area contributed by atoms with Crippen LogP contribution in [0.15, 0.2) is 103 Å². The van der Waals surface area contributed by atoms with Gasteiger partial charge in [-0.15, -0.1) is 0 Å². The van der Waals surface area contributed by atoms with Crippen LogP contribution in [0.3, 0.4) is 0 Å². The molecule has 1 fully saturated rings. The number of hydroxylamine groups is 1. The number of nitrogens with one attached hydrogen (secondary N) is 2. The molecule has 0 radical (unpaired) electrons. The van der Waals surface area contributed by atoms with Crippen molar-refractivity contribution in [3.05, 3.63) is 131 Å². The third kappa shape index (κ3) is 10.3. The van der Waals surface area contributed by atoms with Crippen LogP contribution in [0, 0.1) is 0 Å². The maximum Gasteiger partial charge on any atom is 0.243 e. The molecule has 5 rings (SSSR count). The van der Waals surface area contributed by atoms with Gasteiger partial charge in [0.1, 0.15) is 0 Å². The summed E-state index contributed by atoms with van der Waals surface area (Å²) in [5.74, 6) is -0.520. The molecule has 0 bridgehead atoms. The smallest absolute Gasteiger partial charge is 0.243 e. The van der Waals surface area contributed by atoms with Crippen LogP contribution in [0.4, 0.5) is 0 Å². The van der Waals surface area contributed by atoms with Crippen molar-refractivity contribution in [2.24, 2.45) is 0 Å². The number of carbonyl (C=O) groups is 2. The van der Waals surface area contributed by atoms with Crippen LogP contribution in [-0.4, -0.2) is 46.7 Å². The Balaban J connectivity index is 1.24. The zero-order valence-electron chi connectivity index (χ0n) is 28.3. The lowest BCUT2D eigenvalue weighted by Crippen LogP contribution is -2.38. The van der Waals surface area contributed by atoms with Crippen molar-refractivity contribution in [3.63, 3.8) is 0 Å². The summed E-state index contributed by atoms with van der Waals surface area (Å²) in [7, 11) is 2.13. The maximum atomic E-state index is 12.3. The second kappa shape index (κ2) is 17.9. The van der Waals surface area contributed by atoms with Gasteiger partial charge in [0.15, 0.2) is 6.29 Å². The van der Waals surface area contributed by atoms with Crippen molar-refractivity contribution in [2.75, 3.05) is 13.6 Å². The normalized spacial score (nSPS) is 18.2. The molecule has 9 nitrogen and oxygen atoms in total. The van der Waals surface area contributed by atoms with E-state index >= 15 is 0 Å². The zero-order valence-corrected chi connectivity index (χ0v) is 28.3. The minimum Gasteiger partial charge on any atom is -0.392 e. The molecule has 0 unspecified atom stereocenters. The lowest BCUT2D eigenvalue weighted by molar-refractivity contribution is -0.253. The Morgan fingerprint density at radius 3 is 2.20 bits per heavy atom. The van der Waals surface area contributed by atoms with Crippen molar-refractivity contribution in [1.29, 1.82) is 0 Å². The highest BCUT2D eigenvalue weighted by Crippen LogP contribution is 2.39. The van der Waals surface area contributed by atoms with Crippen molar-refractivity contribution in [3.8, 4) is 11.1 Å². The molecule has 1 aliphatic heterocycles. The summed E-state index contributed by atoms with van der Waals surface area (Å²) in [6.45, 7) is 3.36. The second-order valence-electron chi connectivity index (χ2n) is 12.7. The molecule has 4 N–H and O–H groups in total. The van der Waals surface area contributed by atoms with Gasteiger partial charge in [0.25, 0.3) is 0 Å². The standard InChI is InChI=1S/C40H47N3O6/c1-28(31-10-4-3-5-11-31)43(2)26-36-24-37(33-17-15-29(27-44)16-18-33)49-40(48-36)34-21-19-32(20-22-34)35-12-8-9-30(23-35)25-41-38(45)13-6-7-14-39(46)42-47/h3-5,8-12,15-23,28,36-37,40,44,47H,6-7,13-14,24-27H2,1-2H3,(H,41,45)(H,42,46)/t28-,36-,37+,40+/m0/s1. The molecule has 9 heteroatoms. The fourth-order valence-corrected chi connectivity index (χ4v) is 6.11. The first-order chi connectivity index (χ1) is 23.8. The van der Waals surface area contributed by atoms with Gasteiger partial charge in [-0.25, -0.2) is 5.48 Å². The van der Waals surface area contributed by atoms with Crippen LogP contribution in [0.2, 0.25) is 0 Å². The number of benzene rings is 4. The fraction of sp³-hybridized carbons (Fsp3) is 0.350. The Hall–Kier alpha value is -4.38. The number of carbonyl (C=O) groups excluding carboxylic acids is 2. The van der Waals surface area contributed by atoms with Gasteiger partial charge >= 0.3 is 0 Å². The largest absolute Gasteiger partial charge is 0.392 e. The summed E-state index contributed by atoms with van der Waals surface area (Å²) in [6.07, 6.45) is 1.55. The number of hydrogen-bond donors (Lipinski definition) is 4. The highest BCUT2D eigenvalue weighted by molar-refractivity contribution is 5.76. The van der Waals surface area contributed by atoms with E-state index in [-0.39, 0.29) is 37.2 Å². The van der Waals surface area contributed by atoms with Gasteiger partial charge in [-0.2, -0.15) is 0 Å². The monoisotopic (exact) mass is 665 g/mol. The first-order valence-corrected chi connectivity index (χ1v) is 17.0. The van der Waals surface area contributed by atoms with Crippen molar-refractivity contribution < 1.29 is 29.4 Å². The summed E-state index contributed by atoms with van der Waals surface area (Å²) in [6, 6.07) is 35.0. The highest BCUT2D eigenvalue weighted by Gasteiger charge is 2.33. The van der Waals surface area contributed by atoms with Gasteiger partial charge in [-0.05, 0) is 66.3 Å². The summed E-state index contributed by atoms with van der Waals surface area (Å²) in [4.78, 5) is 25.8. The van der Waals surface area contributed by atoms with E-state index in [0.29, 0.717) is 32.2 Å². The SMILES string of the molecule is C[C@@H](c1ccccc1)N(C)C[C@@H]1C[C@H](c2ccc(CO)cc2)O[C@H](c2ccc(-c3cccc(CNC(=O)CCCCC(=O)NO)c3)cc2)O1. The van der Waals surface area contributed by atoms with Gasteiger partial charge < -0.3 is 19.9 Å². The fourth-order valence-electron chi connectivity index (χ4n) is 6.11.